The molecule has 168 valence electrons. The van der Waals surface area contributed by atoms with Crippen molar-refractivity contribution >= 4 is 28.9 Å². The van der Waals surface area contributed by atoms with Crippen molar-refractivity contribution < 1.29 is 14.3 Å². The van der Waals surface area contributed by atoms with E-state index in [0.717, 1.165) is 0 Å². The maximum atomic E-state index is 13.3. The molecule has 0 unspecified atom stereocenters. The van der Waals surface area contributed by atoms with Gasteiger partial charge in [0.05, 0.1) is 24.6 Å². The van der Waals surface area contributed by atoms with Crippen LogP contribution in [0.5, 0.6) is 5.75 Å². The largest absolute Gasteiger partial charge is 0.487 e. The molecule has 1 heterocycles. The van der Waals surface area contributed by atoms with E-state index in [2.05, 4.69) is 15.7 Å². The standard InChI is InChI=1S/C23H25ClN4O4/c1-15(2)32-20-14-26-28(19-9-7-17(24)8-10-19)23(30)21(20)27-18-6-4-5-16(13-18)22(29)25-11-12-31-3/h4-10,13-15,27H,11-12H2,1-3H3,(H,25,29). The molecule has 0 aliphatic heterocycles. The number of hydrogen-bond donors (Lipinski definition) is 2. The summed E-state index contributed by atoms with van der Waals surface area (Å²) in [4.78, 5) is 25.7. The van der Waals surface area contributed by atoms with E-state index in [4.69, 9.17) is 21.1 Å². The number of benzene rings is 2. The van der Waals surface area contributed by atoms with Crippen molar-refractivity contribution in [2.24, 2.45) is 0 Å². The van der Waals surface area contributed by atoms with Gasteiger partial charge in [0, 0.05) is 29.9 Å². The molecule has 3 aromatic rings. The molecule has 0 saturated heterocycles. The molecule has 0 fully saturated rings. The molecule has 2 N–H and O–H groups in total. The van der Waals surface area contributed by atoms with E-state index >= 15 is 0 Å². The van der Waals surface area contributed by atoms with Crippen LogP contribution in [0.25, 0.3) is 5.69 Å². The summed E-state index contributed by atoms with van der Waals surface area (Å²) in [5.74, 6) is 0.0721. The van der Waals surface area contributed by atoms with Crippen LogP contribution in [0.3, 0.4) is 0 Å². The molecule has 0 aliphatic carbocycles. The number of carbonyl (C=O) groups excluding carboxylic acids is 1. The number of anilines is 2. The van der Waals surface area contributed by atoms with Crippen molar-refractivity contribution in [3.63, 3.8) is 0 Å². The van der Waals surface area contributed by atoms with Crippen molar-refractivity contribution in [3.05, 3.63) is 75.7 Å². The van der Waals surface area contributed by atoms with Gasteiger partial charge in [0.1, 0.15) is 0 Å². The van der Waals surface area contributed by atoms with Crippen LogP contribution in [0.1, 0.15) is 24.2 Å². The summed E-state index contributed by atoms with van der Waals surface area (Å²) >= 11 is 5.96. The summed E-state index contributed by atoms with van der Waals surface area (Å²) in [6.07, 6.45) is 1.32. The molecule has 32 heavy (non-hydrogen) atoms. The van der Waals surface area contributed by atoms with Crippen LogP contribution in [-0.4, -0.2) is 42.1 Å². The number of carbonyl (C=O) groups is 1. The Labute approximate surface area is 191 Å². The quantitative estimate of drug-likeness (QED) is 0.476. The van der Waals surface area contributed by atoms with Crippen molar-refractivity contribution in [2.45, 2.75) is 20.0 Å². The topological polar surface area (TPSA) is 94.5 Å². The molecule has 8 nitrogen and oxygen atoms in total. The Morgan fingerprint density at radius 2 is 1.94 bits per heavy atom. The summed E-state index contributed by atoms with van der Waals surface area (Å²) in [5.41, 5.74) is 1.37. The molecular formula is C23H25ClN4O4. The highest BCUT2D eigenvalue weighted by molar-refractivity contribution is 6.30. The fraction of sp³-hybridized carbons (Fsp3) is 0.261. The zero-order valence-electron chi connectivity index (χ0n) is 18.1. The lowest BCUT2D eigenvalue weighted by atomic mass is 10.2. The fourth-order valence-corrected chi connectivity index (χ4v) is 3.04. The van der Waals surface area contributed by atoms with Crippen LogP contribution in [0.15, 0.2) is 59.5 Å². The lowest BCUT2D eigenvalue weighted by molar-refractivity contribution is 0.0937. The van der Waals surface area contributed by atoms with E-state index < -0.39 is 5.56 Å². The second-order valence-corrected chi connectivity index (χ2v) is 7.63. The third kappa shape index (κ3) is 5.87. The average Bonchev–Trinajstić information content (AvgIpc) is 2.77. The van der Waals surface area contributed by atoms with Crippen molar-refractivity contribution in [1.82, 2.24) is 15.1 Å². The lowest BCUT2D eigenvalue weighted by Gasteiger charge is -2.16. The Kier molecular flexibility index (Phi) is 7.86. The molecular weight excluding hydrogens is 432 g/mol. The van der Waals surface area contributed by atoms with Gasteiger partial charge in [-0.2, -0.15) is 9.78 Å². The second kappa shape index (κ2) is 10.8. The predicted molar refractivity (Wildman–Crippen MR) is 125 cm³/mol. The van der Waals surface area contributed by atoms with Crippen molar-refractivity contribution in [2.75, 3.05) is 25.6 Å². The van der Waals surface area contributed by atoms with Gasteiger partial charge in [-0.25, -0.2) is 0 Å². The number of aromatic nitrogens is 2. The maximum Gasteiger partial charge on any atom is 0.299 e. The Morgan fingerprint density at radius 1 is 1.19 bits per heavy atom. The SMILES string of the molecule is COCCNC(=O)c1cccc(Nc2c(OC(C)C)cnn(-c3ccc(Cl)cc3)c2=O)c1. The van der Waals surface area contributed by atoms with Crippen LogP contribution < -0.4 is 20.9 Å². The second-order valence-electron chi connectivity index (χ2n) is 7.20. The maximum absolute atomic E-state index is 13.3. The van der Waals surface area contributed by atoms with E-state index in [1.807, 2.05) is 13.8 Å². The first-order chi connectivity index (χ1) is 15.4. The third-order valence-corrected chi connectivity index (χ3v) is 4.61. The monoisotopic (exact) mass is 456 g/mol. The number of rotatable bonds is 9. The molecule has 0 aliphatic rings. The van der Waals surface area contributed by atoms with E-state index in [-0.39, 0.29) is 17.7 Å². The van der Waals surface area contributed by atoms with Gasteiger partial charge >= 0.3 is 0 Å². The van der Waals surface area contributed by atoms with E-state index in [1.54, 1.807) is 55.6 Å². The predicted octanol–water partition coefficient (Wildman–Crippen LogP) is 3.79. The minimum absolute atomic E-state index is 0.166. The molecule has 0 atom stereocenters. The molecule has 0 saturated carbocycles. The van der Waals surface area contributed by atoms with Gasteiger partial charge in [0.15, 0.2) is 11.4 Å². The van der Waals surface area contributed by atoms with Crippen LogP contribution in [-0.2, 0) is 4.74 Å². The van der Waals surface area contributed by atoms with Gasteiger partial charge in [-0.15, -0.1) is 0 Å². The minimum atomic E-state index is -0.402. The van der Waals surface area contributed by atoms with Gasteiger partial charge in [-0.3, -0.25) is 9.59 Å². The summed E-state index contributed by atoms with van der Waals surface area (Å²) in [6.45, 7) is 4.54. The number of nitrogens with one attached hydrogen (secondary N) is 2. The average molecular weight is 457 g/mol. The Morgan fingerprint density at radius 3 is 2.62 bits per heavy atom. The van der Waals surface area contributed by atoms with E-state index in [1.165, 1.54) is 10.9 Å². The molecule has 1 amide bonds. The molecule has 3 rings (SSSR count). The molecule has 2 aromatic carbocycles. The Bertz CT molecular complexity index is 1130. The smallest absolute Gasteiger partial charge is 0.299 e. The van der Waals surface area contributed by atoms with E-state index in [9.17, 15) is 9.59 Å². The van der Waals surface area contributed by atoms with Crippen LogP contribution >= 0.6 is 11.6 Å². The third-order valence-electron chi connectivity index (χ3n) is 4.36. The summed E-state index contributed by atoms with van der Waals surface area (Å²) in [5, 5.41) is 10.7. The zero-order chi connectivity index (χ0) is 23.1. The van der Waals surface area contributed by atoms with Crippen LogP contribution in [0.4, 0.5) is 11.4 Å². The highest BCUT2D eigenvalue weighted by Gasteiger charge is 2.16. The summed E-state index contributed by atoms with van der Waals surface area (Å²) in [6, 6.07) is 13.6. The van der Waals surface area contributed by atoms with Gasteiger partial charge in [-0.1, -0.05) is 17.7 Å². The molecule has 1 aromatic heterocycles. The molecule has 0 bridgehead atoms. The first-order valence-electron chi connectivity index (χ1n) is 10.1. The van der Waals surface area contributed by atoms with Gasteiger partial charge in [-0.05, 0) is 56.3 Å². The van der Waals surface area contributed by atoms with Crippen LogP contribution in [0.2, 0.25) is 5.02 Å². The zero-order valence-corrected chi connectivity index (χ0v) is 18.8. The highest BCUT2D eigenvalue weighted by Crippen LogP contribution is 2.25. The van der Waals surface area contributed by atoms with Gasteiger partial charge in [0.2, 0.25) is 0 Å². The summed E-state index contributed by atoms with van der Waals surface area (Å²) in [7, 11) is 1.57. The number of amides is 1. The summed E-state index contributed by atoms with van der Waals surface area (Å²) < 4.78 is 12.0. The van der Waals surface area contributed by atoms with Crippen LogP contribution in [0, 0.1) is 0 Å². The lowest BCUT2D eigenvalue weighted by Crippen LogP contribution is -2.27. The number of nitrogens with zero attached hydrogens (tertiary/aromatic N) is 2. The number of ether oxygens (including phenoxy) is 2. The molecule has 0 spiro atoms. The Balaban J connectivity index is 1.96. The van der Waals surface area contributed by atoms with Crippen molar-refractivity contribution in [3.8, 4) is 11.4 Å². The van der Waals surface area contributed by atoms with Gasteiger partial charge in [0.25, 0.3) is 11.5 Å². The fourth-order valence-electron chi connectivity index (χ4n) is 2.91. The van der Waals surface area contributed by atoms with Crippen molar-refractivity contribution in [1.29, 1.82) is 0 Å². The first-order valence-corrected chi connectivity index (χ1v) is 10.5. The number of halogens is 1. The molecule has 9 heteroatoms. The number of hydrogen-bond acceptors (Lipinski definition) is 6. The normalized spacial score (nSPS) is 10.8. The molecule has 0 radical (unpaired) electrons. The first kappa shape index (κ1) is 23.3. The van der Waals surface area contributed by atoms with Gasteiger partial charge < -0.3 is 20.1 Å². The minimum Gasteiger partial charge on any atom is -0.487 e. The Hall–Kier alpha value is -3.36. The number of methoxy groups -OCH3 is 1. The van der Waals surface area contributed by atoms with E-state index in [0.29, 0.717) is 40.9 Å². The highest BCUT2D eigenvalue weighted by atomic mass is 35.5.